The first kappa shape index (κ1) is 25.3. The number of rotatable bonds is 6. The van der Waals surface area contributed by atoms with Crippen molar-refractivity contribution in [3.05, 3.63) is 106 Å². The number of piperazine rings is 1. The van der Waals surface area contributed by atoms with E-state index in [1.165, 1.54) is 0 Å². The van der Waals surface area contributed by atoms with Gasteiger partial charge in [-0.3, -0.25) is 15.0 Å². The van der Waals surface area contributed by atoms with Crippen LogP contribution in [0.15, 0.2) is 84.9 Å². The van der Waals surface area contributed by atoms with E-state index >= 15 is 0 Å². The van der Waals surface area contributed by atoms with Gasteiger partial charge in [0.25, 0.3) is 5.69 Å². The van der Waals surface area contributed by atoms with Crippen LogP contribution in [0.25, 0.3) is 0 Å². The summed E-state index contributed by atoms with van der Waals surface area (Å²) in [6, 6.07) is 26.1. The van der Waals surface area contributed by atoms with Crippen LogP contribution in [-0.2, 0) is 5.60 Å². The topological polar surface area (TPSA) is 69.9 Å². The van der Waals surface area contributed by atoms with Crippen LogP contribution in [0.3, 0.4) is 0 Å². The molecule has 3 aromatic carbocycles. The van der Waals surface area contributed by atoms with Crippen molar-refractivity contribution in [1.29, 1.82) is 0 Å². The zero-order valence-electron chi connectivity index (χ0n) is 18.8. The van der Waals surface area contributed by atoms with Crippen molar-refractivity contribution in [2.45, 2.75) is 12.0 Å². The molecule has 1 fully saturated rings. The molecule has 1 N–H and O–H groups in total. The Hall–Kier alpha value is -3.37. The molecule has 1 saturated heterocycles. The highest BCUT2D eigenvalue weighted by atomic mass is 35.5. The molecular weight excluding hydrogens is 450 g/mol. The molecule has 0 aromatic heterocycles. The molecule has 0 aliphatic carbocycles. The maximum Gasteiger partial charge on any atom is 0.269 e. The fourth-order valence-corrected chi connectivity index (χ4v) is 4.11. The van der Waals surface area contributed by atoms with Crippen LogP contribution in [-0.4, -0.2) is 47.7 Å². The van der Waals surface area contributed by atoms with E-state index in [1.54, 1.807) is 12.1 Å². The van der Waals surface area contributed by atoms with E-state index in [1.807, 2.05) is 72.8 Å². The van der Waals surface area contributed by atoms with E-state index < -0.39 is 5.60 Å². The fraction of sp³-hybridized carbons (Fsp3) is 0.259. The van der Waals surface area contributed by atoms with Gasteiger partial charge in [0, 0.05) is 50.4 Å². The minimum absolute atomic E-state index is 0. The highest BCUT2D eigenvalue weighted by Crippen LogP contribution is 2.32. The van der Waals surface area contributed by atoms with Crippen molar-refractivity contribution in [1.82, 2.24) is 4.90 Å². The van der Waals surface area contributed by atoms with E-state index in [9.17, 15) is 15.2 Å². The molecular formula is C27H28ClN3O3. The number of non-ortho nitro benzene ring substituents is 1. The number of benzene rings is 3. The molecule has 1 aliphatic heterocycles. The molecule has 0 unspecified atom stereocenters. The average Bonchev–Trinajstić information content (AvgIpc) is 2.88. The van der Waals surface area contributed by atoms with E-state index in [-0.39, 0.29) is 23.0 Å². The van der Waals surface area contributed by atoms with Gasteiger partial charge in [0.15, 0.2) is 0 Å². The molecule has 3 aromatic rings. The zero-order valence-corrected chi connectivity index (χ0v) is 19.7. The first-order valence-corrected chi connectivity index (χ1v) is 11.1. The highest BCUT2D eigenvalue weighted by Gasteiger charge is 2.30. The molecule has 7 heteroatoms. The molecule has 0 spiro atoms. The smallest absolute Gasteiger partial charge is 0.269 e. The van der Waals surface area contributed by atoms with Crippen LogP contribution in [0, 0.1) is 22.0 Å². The minimum atomic E-state index is -1.15. The molecule has 1 aliphatic rings. The molecule has 4 rings (SSSR count). The van der Waals surface area contributed by atoms with Crippen LogP contribution in [0.5, 0.6) is 0 Å². The summed E-state index contributed by atoms with van der Waals surface area (Å²) in [6.07, 6.45) is 0.323. The lowest BCUT2D eigenvalue weighted by Gasteiger charge is -2.35. The summed E-state index contributed by atoms with van der Waals surface area (Å²) in [5, 5.41) is 22.4. The first-order chi connectivity index (χ1) is 16.1. The normalized spacial score (nSPS) is 14.0. The molecule has 0 bridgehead atoms. The van der Waals surface area contributed by atoms with Crippen molar-refractivity contribution < 1.29 is 10.0 Å². The summed E-state index contributed by atoms with van der Waals surface area (Å²) >= 11 is 0. The summed E-state index contributed by atoms with van der Waals surface area (Å²) in [6.45, 7) is 4.07. The summed E-state index contributed by atoms with van der Waals surface area (Å²) < 4.78 is 0. The number of hydrogen-bond donors (Lipinski definition) is 1. The number of halogens is 1. The fourth-order valence-electron chi connectivity index (χ4n) is 4.11. The Labute approximate surface area is 206 Å². The number of anilines is 1. The molecule has 34 heavy (non-hydrogen) atoms. The number of hydrogen-bond acceptors (Lipinski definition) is 5. The van der Waals surface area contributed by atoms with Crippen molar-refractivity contribution in [3.8, 4) is 11.8 Å². The average molecular weight is 478 g/mol. The number of nitro benzene ring substituents is 1. The maximum atomic E-state index is 11.5. The molecule has 0 amide bonds. The van der Waals surface area contributed by atoms with Crippen molar-refractivity contribution in [2.24, 2.45) is 0 Å². The standard InChI is InChI=1S/C27H27N3O3.ClH/c31-27(23-9-3-1-4-10-23,24-11-5-2-6-12-24)17-7-8-18-28-19-21-29(22-20-28)25-13-15-26(16-14-25)30(32)33;/h1-6,9-16,31H,17-22H2;1H. The van der Waals surface area contributed by atoms with Gasteiger partial charge in [-0.05, 0) is 23.3 Å². The third-order valence-electron chi connectivity index (χ3n) is 6.07. The lowest BCUT2D eigenvalue weighted by Crippen LogP contribution is -2.46. The second kappa shape index (κ2) is 11.7. The predicted molar refractivity (Wildman–Crippen MR) is 137 cm³/mol. The van der Waals surface area contributed by atoms with Gasteiger partial charge in [0.1, 0.15) is 5.60 Å². The Morgan fingerprint density at radius 1 is 0.824 bits per heavy atom. The SMILES string of the molecule is Cl.O=[N+]([O-])c1ccc(N2CCN(CC#CCC(O)(c3ccccc3)c3ccccc3)CC2)cc1. The molecule has 6 nitrogen and oxygen atoms in total. The molecule has 0 radical (unpaired) electrons. The van der Waals surface area contributed by atoms with E-state index in [0.717, 1.165) is 43.0 Å². The number of nitrogens with zero attached hydrogens (tertiary/aromatic N) is 3. The summed E-state index contributed by atoms with van der Waals surface area (Å²) in [5.41, 5.74) is 1.63. The zero-order chi connectivity index (χ0) is 23.1. The van der Waals surface area contributed by atoms with E-state index in [0.29, 0.717) is 13.0 Å². The predicted octanol–water partition coefficient (Wildman–Crippen LogP) is 4.47. The Kier molecular flexibility index (Phi) is 8.67. The third-order valence-corrected chi connectivity index (χ3v) is 6.07. The number of aliphatic hydroxyl groups is 1. The van der Waals surface area contributed by atoms with E-state index in [4.69, 9.17) is 0 Å². The Morgan fingerprint density at radius 3 is 1.85 bits per heavy atom. The summed E-state index contributed by atoms with van der Waals surface area (Å²) in [7, 11) is 0. The van der Waals surface area contributed by atoms with Gasteiger partial charge in [0.05, 0.1) is 11.5 Å². The van der Waals surface area contributed by atoms with Gasteiger partial charge >= 0.3 is 0 Å². The molecule has 0 atom stereocenters. The van der Waals surface area contributed by atoms with Gasteiger partial charge in [-0.1, -0.05) is 72.5 Å². The second-order valence-corrected chi connectivity index (χ2v) is 8.16. The minimum Gasteiger partial charge on any atom is -0.379 e. The Bertz CT molecular complexity index is 1080. The van der Waals surface area contributed by atoms with Gasteiger partial charge in [-0.15, -0.1) is 12.4 Å². The number of nitro groups is 1. The lowest BCUT2D eigenvalue weighted by atomic mass is 9.84. The van der Waals surface area contributed by atoms with Gasteiger partial charge in [-0.2, -0.15) is 0 Å². The first-order valence-electron chi connectivity index (χ1n) is 11.1. The maximum absolute atomic E-state index is 11.5. The van der Waals surface area contributed by atoms with Crippen LogP contribution >= 0.6 is 12.4 Å². The van der Waals surface area contributed by atoms with Crippen molar-refractivity contribution >= 4 is 23.8 Å². The summed E-state index contributed by atoms with van der Waals surface area (Å²) in [5.74, 6) is 6.46. The van der Waals surface area contributed by atoms with Crippen LogP contribution in [0.2, 0.25) is 0 Å². The summed E-state index contributed by atoms with van der Waals surface area (Å²) in [4.78, 5) is 15.0. The Balaban J connectivity index is 0.00000324. The molecule has 0 saturated carbocycles. The van der Waals surface area contributed by atoms with Gasteiger partial charge < -0.3 is 10.0 Å². The molecule has 1 heterocycles. The third kappa shape index (κ3) is 5.95. The lowest BCUT2D eigenvalue weighted by molar-refractivity contribution is -0.384. The monoisotopic (exact) mass is 477 g/mol. The Morgan fingerprint density at radius 2 is 1.35 bits per heavy atom. The van der Waals surface area contributed by atoms with E-state index in [2.05, 4.69) is 21.6 Å². The van der Waals surface area contributed by atoms with Gasteiger partial charge in [0.2, 0.25) is 0 Å². The molecule has 176 valence electrons. The largest absolute Gasteiger partial charge is 0.379 e. The van der Waals surface area contributed by atoms with Crippen molar-refractivity contribution in [2.75, 3.05) is 37.6 Å². The van der Waals surface area contributed by atoms with Gasteiger partial charge in [-0.25, -0.2) is 0 Å². The highest BCUT2D eigenvalue weighted by molar-refractivity contribution is 5.85. The second-order valence-electron chi connectivity index (χ2n) is 8.16. The van der Waals surface area contributed by atoms with Crippen LogP contribution in [0.1, 0.15) is 17.5 Å². The van der Waals surface area contributed by atoms with Crippen molar-refractivity contribution in [3.63, 3.8) is 0 Å². The van der Waals surface area contributed by atoms with Crippen LogP contribution in [0.4, 0.5) is 11.4 Å². The quantitative estimate of drug-likeness (QED) is 0.322. The van der Waals surface area contributed by atoms with Crippen LogP contribution < -0.4 is 4.90 Å².